The van der Waals surface area contributed by atoms with Gasteiger partial charge in [-0.3, -0.25) is 0 Å². The number of hydrogen-bond donors (Lipinski definition) is 0. The second-order valence-corrected chi connectivity index (χ2v) is 8.69. The molecule has 5 rings (SSSR count). The molecule has 3 aromatic heterocycles. The molecule has 0 bridgehead atoms. The molecule has 0 unspecified atom stereocenters. The molecule has 5 nitrogen and oxygen atoms in total. The van der Waals surface area contributed by atoms with E-state index < -0.39 is 0 Å². The maximum absolute atomic E-state index is 6.02. The molecule has 0 saturated carbocycles. The summed E-state index contributed by atoms with van der Waals surface area (Å²) in [5, 5.41) is 14.7. The van der Waals surface area contributed by atoms with E-state index in [2.05, 4.69) is 45.8 Å². The molecule has 0 amide bonds. The van der Waals surface area contributed by atoms with Crippen molar-refractivity contribution in [1.29, 1.82) is 0 Å². The zero-order valence-corrected chi connectivity index (χ0v) is 17.8. The van der Waals surface area contributed by atoms with Crippen molar-refractivity contribution >= 4 is 39.7 Å². The van der Waals surface area contributed by atoms with Crippen LogP contribution < -0.4 is 0 Å². The van der Waals surface area contributed by atoms with E-state index in [1.165, 1.54) is 21.8 Å². The molecule has 0 spiro atoms. The quantitative estimate of drug-likeness (QED) is 0.311. The van der Waals surface area contributed by atoms with Crippen LogP contribution in [0.5, 0.6) is 0 Å². The first-order valence-corrected chi connectivity index (χ1v) is 11.3. The third-order valence-corrected chi connectivity index (χ3v) is 6.43. The fraction of sp³-hybridized carbons (Fsp3) is 0.0952. The smallest absolute Gasteiger partial charge is 0.235 e. The number of benzene rings is 2. The van der Waals surface area contributed by atoms with Gasteiger partial charge in [-0.1, -0.05) is 35.1 Å². The maximum atomic E-state index is 6.02. The molecule has 0 N–H and O–H groups in total. The topological polar surface area (TPSA) is 56.2 Å². The monoisotopic (exact) mass is 438 g/mol. The Balaban J connectivity index is 1.43. The Bertz CT molecular complexity index is 1270. The minimum atomic E-state index is 0.674. The fourth-order valence-electron chi connectivity index (χ4n) is 3.02. The summed E-state index contributed by atoms with van der Waals surface area (Å²) in [7, 11) is 0. The molecule has 0 aliphatic heterocycles. The lowest BCUT2D eigenvalue weighted by atomic mass is 10.1. The molecule has 2 aromatic carbocycles. The van der Waals surface area contributed by atoms with Gasteiger partial charge in [0.25, 0.3) is 0 Å². The standard InChI is InChI=1S/C21H15ClN4OS2/c1-28-16-8-2-13(3-9-16)12-19-23-24-21-26(19)25-20(29-21)18-11-10-17(27-18)14-4-6-15(22)7-5-14/h2-11H,12H2,1H3. The van der Waals surface area contributed by atoms with Crippen molar-refractivity contribution in [3.63, 3.8) is 0 Å². The van der Waals surface area contributed by atoms with Crippen LogP contribution in [0.1, 0.15) is 11.4 Å². The van der Waals surface area contributed by atoms with Gasteiger partial charge in [0.15, 0.2) is 16.6 Å². The summed E-state index contributed by atoms with van der Waals surface area (Å²) >= 11 is 9.15. The van der Waals surface area contributed by atoms with E-state index in [1.807, 2.05) is 36.4 Å². The number of thioether (sulfide) groups is 1. The normalized spacial score (nSPS) is 11.4. The second-order valence-electron chi connectivity index (χ2n) is 6.41. The number of furan rings is 1. The Labute approximate surface area is 180 Å². The summed E-state index contributed by atoms with van der Waals surface area (Å²) in [5.74, 6) is 2.29. The number of aromatic nitrogens is 4. The van der Waals surface area contributed by atoms with Crippen LogP contribution in [0, 0.1) is 0 Å². The van der Waals surface area contributed by atoms with Gasteiger partial charge in [-0.25, -0.2) is 0 Å². The highest BCUT2D eigenvalue weighted by atomic mass is 35.5. The highest BCUT2D eigenvalue weighted by Crippen LogP contribution is 2.32. The van der Waals surface area contributed by atoms with Crippen LogP contribution in [0.15, 0.2) is 70.0 Å². The molecule has 0 radical (unpaired) electrons. The van der Waals surface area contributed by atoms with Crippen LogP contribution in [0.2, 0.25) is 5.02 Å². The summed E-state index contributed by atoms with van der Waals surface area (Å²) in [6.07, 6.45) is 2.74. The Morgan fingerprint density at radius 2 is 1.72 bits per heavy atom. The van der Waals surface area contributed by atoms with Gasteiger partial charge in [0.1, 0.15) is 5.76 Å². The van der Waals surface area contributed by atoms with Gasteiger partial charge in [0.2, 0.25) is 4.96 Å². The second kappa shape index (κ2) is 7.67. The molecular formula is C21H15ClN4OS2. The first kappa shape index (κ1) is 18.4. The van der Waals surface area contributed by atoms with Crippen LogP contribution in [-0.4, -0.2) is 26.1 Å². The number of fused-ring (bicyclic) bond motifs is 1. The van der Waals surface area contributed by atoms with E-state index in [0.29, 0.717) is 17.2 Å². The van der Waals surface area contributed by atoms with Crippen LogP contribution in [-0.2, 0) is 6.42 Å². The van der Waals surface area contributed by atoms with Gasteiger partial charge in [-0.15, -0.1) is 27.1 Å². The van der Waals surface area contributed by atoms with Gasteiger partial charge >= 0.3 is 0 Å². The zero-order valence-electron chi connectivity index (χ0n) is 15.4. The van der Waals surface area contributed by atoms with E-state index >= 15 is 0 Å². The Morgan fingerprint density at radius 3 is 2.48 bits per heavy atom. The largest absolute Gasteiger partial charge is 0.454 e. The van der Waals surface area contributed by atoms with Gasteiger partial charge in [0, 0.05) is 21.9 Å². The average molecular weight is 439 g/mol. The van der Waals surface area contributed by atoms with Gasteiger partial charge < -0.3 is 4.42 Å². The molecule has 8 heteroatoms. The number of rotatable bonds is 5. The average Bonchev–Trinajstić information content (AvgIpc) is 3.46. The van der Waals surface area contributed by atoms with Crippen LogP contribution in [0.25, 0.3) is 27.1 Å². The summed E-state index contributed by atoms with van der Waals surface area (Å²) in [5.41, 5.74) is 2.15. The molecule has 0 atom stereocenters. The van der Waals surface area contributed by atoms with E-state index in [0.717, 1.165) is 27.1 Å². The van der Waals surface area contributed by atoms with Crippen molar-refractivity contribution in [3.8, 4) is 22.1 Å². The highest BCUT2D eigenvalue weighted by Gasteiger charge is 2.16. The lowest BCUT2D eigenvalue weighted by molar-refractivity contribution is 0.595. The first-order valence-electron chi connectivity index (χ1n) is 8.90. The van der Waals surface area contributed by atoms with Gasteiger partial charge in [-0.05, 0) is 60.4 Å². The predicted molar refractivity (Wildman–Crippen MR) is 118 cm³/mol. The number of halogens is 1. The van der Waals surface area contributed by atoms with Crippen molar-refractivity contribution < 1.29 is 4.42 Å². The lowest BCUT2D eigenvalue weighted by Crippen LogP contribution is -1.97. The summed E-state index contributed by atoms with van der Waals surface area (Å²) in [4.78, 5) is 1.99. The maximum Gasteiger partial charge on any atom is 0.235 e. The first-order chi connectivity index (χ1) is 14.2. The molecule has 5 aromatic rings. The van der Waals surface area contributed by atoms with E-state index in [-0.39, 0.29) is 0 Å². The summed E-state index contributed by atoms with van der Waals surface area (Å²) < 4.78 is 7.82. The molecule has 0 fully saturated rings. The highest BCUT2D eigenvalue weighted by molar-refractivity contribution is 7.98. The van der Waals surface area contributed by atoms with E-state index in [1.54, 1.807) is 16.3 Å². The molecule has 3 heterocycles. The van der Waals surface area contributed by atoms with E-state index in [9.17, 15) is 0 Å². The molecule has 0 aliphatic rings. The predicted octanol–water partition coefficient (Wildman–Crippen LogP) is 6.08. The summed E-state index contributed by atoms with van der Waals surface area (Å²) in [6, 6.07) is 19.9. The van der Waals surface area contributed by atoms with Crippen molar-refractivity contribution in [2.24, 2.45) is 0 Å². The van der Waals surface area contributed by atoms with Crippen LogP contribution in [0.3, 0.4) is 0 Å². The van der Waals surface area contributed by atoms with Crippen LogP contribution in [0.4, 0.5) is 0 Å². The van der Waals surface area contributed by atoms with Gasteiger partial charge in [0.05, 0.1) is 0 Å². The number of hydrogen-bond acceptors (Lipinski definition) is 6. The molecule has 0 aliphatic carbocycles. The molecule has 144 valence electrons. The Morgan fingerprint density at radius 1 is 0.966 bits per heavy atom. The van der Waals surface area contributed by atoms with Gasteiger partial charge in [-0.2, -0.15) is 4.52 Å². The third-order valence-electron chi connectivity index (χ3n) is 4.52. The van der Waals surface area contributed by atoms with Crippen molar-refractivity contribution in [1.82, 2.24) is 19.8 Å². The third kappa shape index (κ3) is 3.69. The SMILES string of the molecule is CSc1ccc(Cc2nnc3sc(-c4ccc(-c5ccc(Cl)cc5)o4)nn23)cc1. The lowest BCUT2D eigenvalue weighted by Gasteiger charge is -2.00. The molecule has 29 heavy (non-hydrogen) atoms. The summed E-state index contributed by atoms with van der Waals surface area (Å²) in [6.45, 7) is 0. The van der Waals surface area contributed by atoms with Crippen molar-refractivity contribution in [2.75, 3.05) is 6.26 Å². The van der Waals surface area contributed by atoms with Crippen molar-refractivity contribution in [2.45, 2.75) is 11.3 Å². The minimum Gasteiger partial charge on any atom is -0.454 e. The number of nitrogens with zero attached hydrogens (tertiary/aromatic N) is 4. The van der Waals surface area contributed by atoms with Crippen molar-refractivity contribution in [3.05, 3.63) is 77.1 Å². The Hall–Kier alpha value is -2.61. The molecular weight excluding hydrogens is 424 g/mol. The zero-order chi connectivity index (χ0) is 19.8. The van der Waals surface area contributed by atoms with Crippen LogP contribution >= 0.6 is 34.7 Å². The minimum absolute atomic E-state index is 0.674. The Kier molecular flexibility index (Phi) is 4.87. The molecule has 0 saturated heterocycles. The van der Waals surface area contributed by atoms with E-state index in [4.69, 9.17) is 16.0 Å². The fourth-order valence-corrected chi connectivity index (χ4v) is 4.37.